The number of nitrogens with zero attached hydrogens (tertiary/aromatic N) is 2. The van der Waals surface area contributed by atoms with Crippen LogP contribution in [0, 0.1) is 30.6 Å². The van der Waals surface area contributed by atoms with Crippen molar-refractivity contribution in [2.24, 2.45) is 29.4 Å². The third-order valence-corrected chi connectivity index (χ3v) is 6.04. The molecular formula is C17H25N3. The Bertz CT molecular complexity index is 483. The number of aromatic nitrogens is 2. The predicted molar refractivity (Wildman–Crippen MR) is 79.3 cm³/mol. The third kappa shape index (κ3) is 1.98. The summed E-state index contributed by atoms with van der Waals surface area (Å²) >= 11 is 0. The van der Waals surface area contributed by atoms with Crippen molar-refractivity contribution in [3.05, 3.63) is 23.3 Å². The average molecular weight is 271 g/mol. The van der Waals surface area contributed by atoms with Crippen molar-refractivity contribution in [1.82, 2.24) is 9.97 Å². The van der Waals surface area contributed by atoms with Crippen molar-refractivity contribution in [1.29, 1.82) is 0 Å². The lowest BCUT2D eigenvalue weighted by atomic mass is 9.51. The Kier molecular flexibility index (Phi) is 3.06. The van der Waals surface area contributed by atoms with Gasteiger partial charge in [0.1, 0.15) is 5.82 Å². The standard InChI is InChI=1S/C17H25N3/c1-10-13(2-3-18)9-19-17(20-10)16-14-5-11-4-12(7-14)8-15(16)6-11/h9,11-12,14-16H,2-8,18H2,1H3. The fourth-order valence-electron chi connectivity index (χ4n) is 5.42. The van der Waals surface area contributed by atoms with E-state index in [1.54, 1.807) is 0 Å². The van der Waals surface area contributed by atoms with Crippen molar-refractivity contribution in [2.75, 3.05) is 6.54 Å². The van der Waals surface area contributed by atoms with Gasteiger partial charge in [-0.25, -0.2) is 9.97 Å². The van der Waals surface area contributed by atoms with Gasteiger partial charge in [-0.15, -0.1) is 0 Å². The number of aryl methyl sites for hydroxylation is 1. The van der Waals surface area contributed by atoms with Gasteiger partial charge in [0.15, 0.2) is 0 Å². The van der Waals surface area contributed by atoms with Gasteiger partial charge < -0.3 is 5.73 Å². The van der Waals surface area contributed by atoms with Gasteiger partial charge in [-0.3, -0.25) is 0 Å². The van der Waals surface area contributed by atoms with Gasteiger partial charge in [0.2, 0.25) is 0 Å². The molecule has 1 heterocycles. The van der Waals surface area contributed by atoms with E-state index in [4.69, 9.17) is 15.7 Å². The van der Waals surface area contributed by atoms with Crippen LogP contribution in [0.5, 0.6) is 0 Å². The lowest BCUT2D eigenvalue weighted by molar-refractivity contribution is -0.00571. The molecule has 108 valence electrons. The molecule has 3 nitrogen and oxygen atoms in total. The highest BCUT2D eigenvalue weighted by atomic mass is 14.9. The van der Waals surface area contributed by atoms with E-state index in [0.717, 1.165) is 41.6 Å². The number of hydrogen-bond acceptors (Lipinski definition) is 3. The summed E-state index contributed by atoms with van der Waals surface area (Å²) in [6.45, 7) is 2.80. The summed E-state index contributed by atoms with van der Waals surface area (Å²) < 4.78 is 0. The summed E-state index contributed by atoms with van der Waals surface area (Å²) in [4.78, 5) is 9.61. The van der Waals surface area contributed by atoms with Gasteiger partial charge in [-0.1, -0.05) is 0 Å². The van der Waals surface area contributed by atoms with Crippen LogP contribution >= 0.6 is 0 Å². The molecule has 0 atom stereocenters. The van der Waals surface area contributed by atoms with Crippen molar-refractivity contribution < 1.29 is 0 Å². The molecule has 0 spiro atoms. The van der Waals surface area contributed by atoms with E-state index >= 15 is 0 Å². The molecule has 4 bridgehead atoms. The lowest BCUT2D eigenvalue weighted by Crippen LogP contribution is -2.44. The maximum Gasteiger partial charge on any atom is 0.132 e. The molecule has 1 aromatic heterocycles. The van der Waals surface area contributed by atoms with Crippen molar-refractivity contribution >= 4 is 0 Å². The van der Waals surface area contributed by atoms with Crippen LogP contribution in [0.2, 0.25) is 0 Å². The highest BCUT2D eigenvalue weighted by Crippen LogP contribution is 2.59. The molecule has 20 heavy (non-hydrogen) atoms. The Morgan fingerprint density at radius 2 is 1.75 bits per heavy atom. The summed E-state index contributed by atoms with van der Waals surface area (Å²) in [7, 11) is 0. The first kappa shape index (κ1) is 12.8. The second-order valence-electron chi connectivity index (χ2n) is 7.33. The zero-order chi connectivity index (χ0) is 13.7. The Hall–Kier alpha value is -0.960. The molecule has 0 saturated heterocycles. The topological polar surface area (TPSA) is 51.8 Å². The van der Waals surface area contributed by atoms with E-state index in [0.29, 0.717) is 12.5 Å². The maximum atomic E-state index is 5.65. The fourth-order valence-corrected chi connectivity index (χ4v) is 5.42. The minimum Gasteiger partial charge on any atom is -0.330 e. The van der Waals surface area contributed by atoms with Gasteiger partial charge in [0.25, 0.3) is 0 Å². The van der Waals surface area contributed by atoms with E-state index in [1.807, 2.05) is 6.20 Å². The summed E-state index contributed by atoms with van der Waals surface area (Å²) in [5.74, 6) is 5.56. The molecule has 4 aliphatic carbocycles. The first-order valence-corrected chi connectivity index (χ1v) is 8.27. The van der Waals surface area contributed by atoms with Crippen molar-refractivity contribution in [3.63, 3.8) is 0 Å². The monoisotopic (exact) mass is 271 g/mol. The highest BCUT2D eigenvalue weighted by molar-refractivity contribution is 5.20. The first-order chi connectivity index (χ1) is 9.74. The van der Waals surface area contributed by atoms with E-state index in [2.05, 4.69) is 6.92 Å². The Labute approximate surface area is 121 Å². The summed E-state index contributed by atoms with van der Waals surface area (Å²) in [6.07, 6.45) is 10.2. The summed E-state index contributed by atoms with van der Waals surface area (Å²) in [6, 6.07) is 0. The Morgan fingerprint density at radius 1 is 1.10 bits per heavy atom. The van der Waals surface area contributed by atoms with E-state index in [1.165, 1.54) is 37.7 Å². The summed E-state index contributed by atoms with van der Waals surface area (Å²) in [5, 5.41) is 0. The van der Waals surface area contributed by atoms with Crippen LogP contribution in [0.3, 0.4) is 0 Å². The van der Waals surface area contributed by atoms with Crippen LogP contribution in [0.25, 0.3) is 0 Å². The molecule has 5 rings (SSSR count). The van der Waals surface area contributed by atoms with Crippen molar-refractivity contribution in [2.45, 2.75) is 51.4 Å². The average Bonchev–Trinajstić information content (AvgIpc) is 2.40. The van der Waals surface area contributed by atoms with E-state index in [-0.39, 0.29) is 0 Å². The Balaban J connectivity index is 1.63. The van der Waals surface area contributed by atoms with Gasteiger partial charge in [0.05, 0.1) is 0 Å². The molecule has 4 saturated carbocycles. The molecule has 2 N–H and O–H groups in total. The quantitative estimate of drug-likeness (QED) is 0.919. The molecule has 1 aromatic rings. The maximum absolute atomic E-state index is 5.65. The van der Waals surface area contributed by atoms with Crippen LogP contribution in [0.15, 0.2) is 6.20 Å². The second-order valence-corrected chi connectivity index (χ2v) is 7.33. The van der Waals surface area contributed by atoms with Crippen molar-refractivity contribution in [3.8, 4) is 0 Å². The minimum absolute atomic E-state index is 0.647. The smallest absolute Gasteiger partial charge is 0.132 e. The van der Waals surface area contributed by atoms with Crippen LogP contribution in [-0.4, -0.2) is 16.5 Å². The van der Waals surface area contributed by atoms with Crippen LogP contribution in [0.1, 0.15) is 55.1 Å². The molecule has 0 aromatic carbocycles. The second kappa shape index (κ2) is 4.80. The minimum atomic E-state index is 0.647. The zero-order valence-electron chi connectivity index (χ0n) is 12.4. The van der Waals surface area contributed by atoms with Crippen LogP contribution in [0.4, 0.5) is 0 Å². The molecular weight excluding hydrogens is 246 g/mol. The molecule has 0 unspecified atom stereocenters. The van der Waals surface area contributed by atoms with Gasteiger partial charge in [-0.05, 0) is 81.2 Å². The fraction of sp³-hybridized carbons (Fsp3) is 0.765. The van der Waals surface area contributed by atoms with Crippen LogP contribution < -0.4 is 5.73 Å². The van der Waals surface area contributed by atoms with Crippen LogP contribution in [-0.2, 0) is 6.42 Å². The normalized spacial score (nSPS) is 38.4. The number of rotatable bonds is 3. The third-order valence-electron chi connectivity index (χ3n) is 6.04. The molecule has 3 heteroatoms. The zero-order valence-corrected chi connectivity index (χ0v) is 12.4. The first-order valence-electron chi connectivity index (χ1n) is 8.27. The molecule has 0 radical (unpaired) electrons. The van der Waals surface area contributed by atoms with Gasteiger partial charge >= 0.3 is 0 Å². The predicted octanol–water partition coefficient (Wildman–Crippen LogP) is 2.83. The van der Waals surface area contributed by atoms with Gasteiger partial charge in [-0.2, -0.15) is 0 Å². The molecule has 4 fully saturated rings. The molecule has 4 aliphatic rings. The molecule has 0 amide bonds. The summed E-state index contributed by atoms with van der Waals surface area (Å²) in [5.41, 5.74) is 8.02. The highest BCUT2D eigenvalue weighted by Gasteiger charge is 2.49. The number of nitrogens with two attached hydrogens (primary N) is 1. The SMILES string of the molecule is Cc1nc(C2C3CC4CC(C3)CC2C4)ncc1CCN. The van der Waals surface area contributed by atoms with Gasteiger partial charge in [0, 0.05) is 17.8 Å². The van der Waals surface area contributed by atoms with E-state index in [9.17, 15) is 0 Å². The lowest BCUT2D eigenvalue weighted by Gasteiger charge is -2.53. The Morgan fingerprint density at radius 3 is 2.30 bits per heavy atom. The molecule has 0 aliphatic heterocycles. The van der Waals surface area contributed by atoms with E-state index < -0.39 is 0 Å². The number of hydrogen-bond donors (Lipinski definition) is 1. The largest absolute Gasteiger partial charge is 0.330 e.